The lowest BCUT2D eigenvalue weighted by Gasteiger charge is -2.28. The molecule has 90 valence electrons. The first-order chi connectivity index (χ1) is 6.90. The van der Waals surface area contributed by atoms with E-state index in [1.165, 1.54) is 0 Å². The minimum Gasteiger partial charge on any atom is -0.342 e. The third-order valence-electron chi connectivity index (χ3n) is 2.74. The molecule has 0 aliphatic carbocycles. The molecule has 0 aromatic carbocycles. The van der Waals surface area contributed by atoms with E-state index >= 15 is 0 Å². The average Bonchev–Trinajstić information content (AvgIpc) is 2.14. The Bertz CT molecular complexity index is 192. The van der Waals surface area contributed by atoms with Crippen LogP contribution in [-0.2, 0) is 4.79 Å². The van der Waals surface area contributed by atoms with E-state index < -0.39 is 0 Å². The highest BCUT2D eigenvalue weighted by molar-refractivity contribution is 5.81. The third kappa shape index (κ3) is 5.17. The standard InChI is InChI=1S/C12H26N2O/c1-6-7-11(13)12(15)14(5)10(4)8-9(2)3/h9-11H,6-8,13H2,1-5H3/t10?,11-/m1/s1. The topological polar surface area (TPSA) is 46.3 Å². The van der Waals surface area contributed by atoms with Gasteiger partial charge in [0.2, 0.25) is 5.91 Å². The van der Waals surface area contributed by atoms with Crippen molar-refractivity contribution in [2.24, 2.45) is 11.7 Å². The maximum Gasteiger partial charge on any atom is 0.239 e. The molecule has 1 amide bonds. The molecule has 3 heteroatoms. The molecule has 0 aliphatic heterocycles. The SMILES string of the molecule is CCC[C@@H](N)C(=O)N(C)C(C)CC(C)C. The number of likely N-dealkylation sites (N-methyl/N-ethyl adjacent to an activating group) is 1. The maximum atomic E-state index is 11.9. The molecular weight excluding hydrogens is 188 g/mol. The van der Waals surface area contributed by atoms with E-state index in [9.17, 15) is 4.79 Å². The fourth-order valence-corrected chi connectivity index (χ4v) is 1.75. The summed E-state index contributed by atoms with van der Waals surface area (Å²) in [5.41, 5.74) is 5.81. The zero-order valence-electron chi connectivity index (χ0n) is 10.8. The van der Waals surface area contributed by atoms with E-state index in [0.717, 1.165) is 19.3 Å². The van der Waals surface area contributed by atoms with Crippen LogP contribution in [0.2, 0.25) is 0 Å². The Morgan fingerprint density at radius 3 is 2.27 bits per heavy atom. The summed E-state index contributed by atoms with van der Waals surface area (Å²) in [6, 6.07) is -0.0463. The Hall–Kier alpha value is -0.570. The summed E-state index contributed by atoms with van der Waals surface area (Å²) >= 11 is 0. The second-order valence-electron chi connectivity index (χ2n) is 4.82. The summed E-state index contributed by atoms with van der Waals surface area (Å²) in [7, 11) is 1.85. The molecule has 3 nitrogen and oxygen atoms in total. The number of rotatable bonds is 6. The first-order valence-electron chi connectivity index (χ1n) is 5.92. The van der Waals surface area contributed by atoms with Gasteiger partial charge < -0.3 is 10.6 Å². The van der Waals surface area contributed by atoms with Gasteiger partial charge in [0.25, 0.3) is 0 Å². The van der Waals surface area contributed by atoms with Gasteiger partial charge in [-0.15, -0.1) is 0 Å². The molecular formula is C12H26N2O. The molecule has 0 aromatic heterocycles. The lowest BCUT2D eigenvalue weighted by atomic mass is 10.0. The van der Waals surface area contributed by atoms with Crippen molar-refractivity contribution in [1.82, 2.24) is 4.90 Å². The lowest BCUT2D eigenvalue weighted by molar-refractivity contribution is -0.133. The number of nitrogens with zero attached hydrogens (tertiary/aromatic N) is 1. The first-order valence-corrected chi connectivity index (χ1v) is 5.92. The van der Waals surface area contributed by atoms with Gasteiger partial charge in [-0.2, -0.15) is 0 Å². The van der Waals surface area contributed by atoms with E-state index in [-0.39, 0.29) is 18.0 Å². The van der Waals surface area contributed by atoms with E-state index in [1.54, 1.807) is 4.90 Å². The van der Waals surface area contributed by atoms with E-state index in [1.807, 2.05) is 14.0 Å². The molecule has 0 heterocycles. The van der Waals surface area contributed by atoms with Crippen molar-refractivity contribution in [2.75, 3.05) is 7.05 Å². The van der Waals surface area contributed by atoms with Gasteiger partial charge >= 0.3 is 0 Å². The molecule has 0 aromatic rings. The first kappa shape index (κ1) is 14.4. The van der Waals surface area contributed by atoms with Gasteiger partial charge in [-0.3, -0.25) is 4.79 Å². The molecule has 0 bridgehead atoms. The Kier molecular flexibility index (Phi) is 6.57. The molecule has 1 unspecified atom stereocenters. The summed E-state index contributed by atoms with van der Waals surface area (Å²) in [4.78, 5) is 13.6. The van der Waals surface area contributed by atoms with Crippen molar-refractivity contribution in [3.63, 3.8) is 0 Å². The zero-order valence-corrected chi connectivity index (χ0v) is 10.8. The summed E-state index contributed by atoms with van der Waals surface area (Å²) in [5, 5.41) is 0. The smallest absolute Gasteiger partial charge is 0.239 e. The van der Waals surface area contributed by atoms with Gasteiger partial charge in [-0.25, -0.2) is 0 Å². The van der Waals surface area contributed by atoms with Gasteiger partial charge in [0.05, 0.1) is 6.04 Å². The number of carbonyl (C=O) groups excluding carboxylic acids is 1. The van der Waals surface area contributed by atoms with Gasteiger partial charge in [0.1, 0.15) is 0 Å². The molecule has 2 atom stereocenters. The fourth-order valence-electron chi connectivity index (χ4n) is 1.75. The molecule has 0 fully saturated rings. The van der Waals surface area contributed by atoms with Gasteiger partial charge in [-0.05, 0) is 25.7 Å². The summed E-state index contributed by atoms with van der Waals surface area (Å²) < 4.78 is 0. The van der Waals surface area contributed by atoms with E-state index in [0.29, 0.717) is 5.92 Å². The van der Waals surface area contributed by atoms with Crippen molar-refractivity contribution >= 4 is 5.91 Å². The van der Waals surface area contributed by atoms with Crippen LogP contribution in [0.15, 0.2) is 0 Å². The summed E-state index contributed by atoms with van der Waals surface area (Å²) in [6.07, 6.45) is 2.76. The van der Waals surface area contributed by atoms with Gasteiger partial charge in [-0.1, -0.05) is 27.2 Å². The molecule has 15 heavy (non-hydrogen) atoms. The van der Waals surface area contributed by atoms with Crippen LogP contribution in [0.4, 0.5) is 0 Å². The predicted molar refractivity (Wildman–Crippen MR) is 64.6 cm³/mol. The normalized spacial score (nSPS) is 15.1. The third-order valence-corrected chi connectivity index (χ3v) is 2.74. The zero-order chi connectivity index (χ0) is 12.0. The second kappa shape index (κ2) is 6.83. The minimum atomic E-state index is -0.324. The van der Waals surface area contributed by atoms with Gasteiger partial charge in [0, 0.05) is 13.1 Å². The van der Waals surface area contributed by atoms with Crippen LogP contribution < -0.4 is 5.73 Å². The molecule has 0 spiro atoms. The monoisotopic (exact) mass is 214 g/mol. The largest absolute Gasteiger partial charge is 0.342 e. The van der Waals surface area contributed by atoms with Gasteiger partial charge in [0.15, 0.2) is 0 Å². The van der Waals surface area contributed by atoms with Crippen molar-refractivity contribution < 1.29 is 4.79 Å². The van der Waals surface area contributed by atoms with Crippen molar-refractivity contribution in [3.05, 3.63) is 0 Å². The van der Waals surface area contributed by atoms with Crippen molar-refractivity contribution in [3.8, 4) is 0 Å². The molecule has 0 saturated heterocycles. The molecule has 0 rings (SSSR count). The number of hydrogen-bond acceptors (Lipinski definition) is 2. The van der Waals surface area contributed by atoms with Crippen LogP contribution in [0.25, 0.3) is 0 Å². The Morgan fingerprint density at radius 2 is 1.87 bits per heavy atom. The Balaban J connectivity index is 4.17. The van der Waals surface area contributed by atoms with Crippen molar-refractivity contribution in [1.29, 1.82) is 0 Å². The Labute approximate surface area is 94.0 Å². The lowest BCUT2D eigenvalue weighted by Crippen LogP contribution is -2.45. The van der Waals surface area contributed by atoms with E-state index in [4.69, 9.17) is 5.73 Å². The highest BCUT2D eigenvalue weighted by Gasteiger charge is 2.21. The van der Waals surface area contributed by atoms with Crippen LogP contribution in [0.5, 0.6) is 0 Å². The van der Waals surface area contributed by atoms with Crippen LogP contribution in [0.1, 0.15) is 47.0 Å². The van der Waals surface area contributed by atoms with E-state index in [2.05, 4.69) is 20.8 Å². The highest BCUT2D eigenvalue weighted by atomic mass is 16.2. The van der Waals surface area contributed by atoms with Crippen molar-refractivity contribution in [2.45, 2.75) is 59.0 Å². The van der Waals surface area contributed by atoms with Crippen LogP contribution in [0, 0.1) is 5.92 Å². The Morgan fingerprint density at radius 1 is 1.33 bits per heavy atom. The van der Waals surface area contributed by atoms with Crippen LogP contribution in [0.3, 0.4) is 0 Å². The van der Waals surface area contributed by atoms with Crippen LogP contribution >= 0.6 is 0 Å². The molecule has 0 saturated carbocycles. The maximum absolute atomic E-state index is 11.9. The second-order valence-corrected chi connectivity index (χ2v) is 4.82. The molecule has 0 aliphatic rings. The molecule has 0 radical (unpaired) electrons. The number of amides is 1. The summed E-state index contributed by atoms with van der Waals surface area (Å²) in [5.74, 6) is 0.683. The fraction of sp³-hybridized carbons (Fsp3) is 0.917. The number of nitrogens with two attached hydrogens (primary N) is 1. The number of hydrogen-bond donors (Lipinski definition) is 1. The quantitative estimate of drug-likeness (QED) is 0.735. The van der Waals surface area contributed by atoms with Crippen LogP contribution in [-0.4, -0.2) is 29.9 Å². The minimum absolute atomic E-state index is 0.0741. The summed E-state index contributed by atoms with van der Waals surface area (Å²) in [6.45, 7) is 8.46. The highest BCUT2D eigenvalue weighted by Crippen LogP contribution is 2.11. The average molecular weight is 214 g/mol. The number of carbonyl (C=O) groups is 1. The molecule has 2 N–H and O–H groups in total. The predicted octanol–water partition coefficient (Wildman–Crippen LogP) is 2.01.